The summed E-state index contributed by atoms with van der Waals surface area (Å²) in [5, 5.41) is 12.9. The second kappa shape index (κ2) is 5.81. The van der Waals surface area contributed by atoms with E-state index in [2.05, 4.69) is 30.1 Å². The van der Waals surface area contributed by atoms with Crippen LogP contribution in [-0.2, 0) is 4.74 Å². The summed E-state index contributed by atoms with van der Waals surface area (Å²) in [6.45, 7) is 6.69. The van der Waals surface area contributed by atoms with E-state index in [4.69, 9.17) is 4.74 Å². The number of nitriles is 1. The highest BCUT2D eigenvalue weighted by Gasteiger charge is 2.42. The van der Waals surface area contributed by atoms with Gasteiger partial charge in [0.2, 0.25) is 0 Å². The minimum absolute atomic E-state index is 0.154. The van der Waals surface area contributed by atoms with Crippen LogP contribution in [0.1, 0.15) is 33.1 Å². The largest absolute Gasteiger partial charge is 0.375 e. The molecule has 17 heavy (non-hydrogen) atoms. The van der Waals surface area contributed by atoms with E-state index in [-0.39, 0.29) is 5.60 Å². The molecule has 0 aromatic carbocycles. The lowest BCUT2D eigenvalue weighted by atomic mass is 9.80. The summed E-state index contributed by atoms with van der Waals surface area (Å²) in [4.78, 5) is 2.12. The Balaban J connectivity index is 2.59. The number of hydrogen-bond acceptors (Lipinski definition) is 4. The predicted octanol–water partition coefficient (Wildman–Crippen LogP) is 1.38. The van der Waals surface area contributed by atoms with Gasteiger partial charge in [-0.2, -0.15) is 5.26 Å². The monoisotopic (exact) mass is 239 g/mol. The van der Waals surface area contributed by atoms with E-state index in [1.54, 1.807) is 0 Å². The first-order valence-electron chi connectivity index (χ1n) is 6.40. The van der Waals surface area contributed by atoms with E-state index < -0.39 is 5.54 Å². The standard InChI is InChI=1S/C13H25N3O/c1-5-12(2)10-13(11-14,6-9-17-12)15-7-8-16(3)4/h15H,5-10H2,1-4H3. The first kappa shape index (κ1) is 14.4. The van der Waals surface area contributed by atoms with Crippen LogP contribution in [0.2, 0.25) is 0 Å². The lowest BCUT2D eigenvalue weighted by Crippen LogP contribution is -2.55. The Kier molecular flexibility index (Phi) is 4.93. The summed E-state index contributed by atoms with van der Waals surface area (Å²) < 4.78 is 5.80. The Labute approximate surface area is 105 Å². The normalized spacial score (nSPS) is 33.6. The van der Waals surface area contributed by atoms with E-state index in [1.807, 2.05) is 14.1 Å². The number of rotatable bonds is 5. The van der Waals surface area contributed by atoms with Crippen LogP contribution >= 0.6 is 0 Å². The topological polar surface area (TPSA) is 48.3 Å². The van der Waals surface area contributed by atoms with E-state index in [0.717, 1.165) is 32.4 Å². The third-order valence-electron chi connectivity index (χ3n) is 3.64. The minimum Gasteiger partial charge on any atom is -0.375 e. The molecular weight excluding hydrogens is 214 g/mol. The van der Waals surface area contributed by atoms with E-state index in [0.29, 0.717) is 6.61 Å². The molecule has 0 aliphatic carbocycles. The molecule has 4 heteroatoms. The quantitative estimate of drug-likeness (QED) is 0.787. The van der Waals surface area contributed by atoms with Crippen molar-refractivity contribution < 1.29 is 4.74 Å². The Morgan fingerprint density at radius 2 is 2.18 bits per heavy atom. The maximum atomic E-state index is 9.45. The number of nitrogens with one attached hydrogen (secondary N) is 1. The zero-order valence-corrected chi connectivity index (χ0v) is 11.5. The van der Waals surface area contributed by atoms with Crippen molar-refractivity contribution in [2.75, 3.05) is 33.8 Å². The van der Waals surface area contributed by atoms with Crippen molar-refractivity contribution in [3.8, 4) is 6.07 Å². The number of ether oxygens (including phenoxy) is 1. The first-order chi connectivity index (χ1) is 7.95. The Bertz CT molecular complexity index is 287. The van der Waals surface area contributed by atoms with Gasteiger partial charge in [-0.3, -0.25) is 5.32 Å². The molecule has 1 aliphatic rings. The molecule has 2 unspecified atom stereocenters. The second-order valence-corrected chi connectivity index (χ2v) is 5.50. The molecule has 1 N–H and O–H groups in total. The van der Waals surface area contributed by atoms with Crippen LogP contribution in [0.15, 0.2) is 0 Å². The van der Waals surface area contributed by atoms with Gasteiger partial charge in [0.25, 0.3) is 0 Å². The summed E-state index contributed by atoms with van der Waals surface area (Å²) in [6, 6.07) is 2.47. The van der Waals surface area contributed by atoms with Crippen LogP contribution in [0, 0.1) is 11.3 Å². The van der Waals surface area contributed by atoms with E-state index in [9.17, 15) is 5.26 Å². The zero-order chi connectivity index (χ0) is 12.9. The highest BCUT2D eigenvalue weighted by Crippen LogP contribution is 2.34. The maximum absolute atomic E-state index is 9.45. The molecule has 0 saturated carbocycles. The summed E-state index contributed by atoms with van der Waals surface area (Å²) in [5.41, 5.74) is -0.557. The third kappa shape index (κ3) is 3.95. The second-order valence-electron chi connectivity index (χ2n) is 5.50. The van der Waals surface area contributed by atoms with Crippen molar-refractivity contribution in [1.29, 1.82) is 5.26 Å². The van der Waals surface area contributed by atoms with Crippen LogP contribution in [0.5, 0.6) is 0 Å². The lowest BCUT2D eigenvalue weighted by Gasteiger charge is -2.43. The molecule has 0 radical (unpaired) electrons. The van der Waals surface area contributed by atoms with Crippen LogP contribution in [0.4, 0.5) is 0 Å². The highest BCUT2D eigenvalue weighted by molar-refractivity contribution is 5.12. The minimum atomic E-state index is -0.404. The van der Waals surface area contributed by atoms with Gasteiger partial charge in [0.1, 0.15) is 5.54 Å². The Morgan fingerprint density at radius 1 is 1.47 bits per heavy atom. The van der Waals surface area contributed by atoms with Gasteiger partial charge in [-0.25, -0.2) is 0 Å². The molecule has 1 heterocycles. The molecular formula is C13H25N3O. The van der Waals surface area contributed by atoms with Crippen molar-refractivity contribution >= 4 is 0 Å². The molecule has 0 aromatic heterocycles. The molecule has 1 saturated heterocycles. The van der Waals surface area contributed by atoms with Gasteiger partial charge in [0.05, 0.1) is 18.3 Å². The first-order valence-corrected chi connectivity index (χ1v) is 6.40. The van der Waals surface area contributed by atoms with Crippen molar-refractivity contribution in [1.82, 2.24) is 10.2 Å². The van der Waals surface area contributed by atoms with E-state index in [1.165, 1.54) is 0 Å². The van der Waals surface area contributed by atoms with Gasteiger partial charge >= 0.3 is 0 Å². The summed E-state index contributed by atoms with van der Waals surface area (Å²) in [7, 11) is 4.09. The Morgan fingerprint density at radius 3 is 2.71 bits per heavy atom. The van der Waals surface area contributed by atoms with Gasteiger partial charge < -0.3 is 9.64 Å². The molecule has 4 nitrogen and oxygen atoms in total. The molecule has 0 bridgehead atoms. The van der Waals surface area contributed by atoms with Crippen molar-refractivity contribution in [2.24, 2.45) is 0 Å². The molecule has 2 atom stereocenters. The van der Waals surface area contributed by atoms with Crippen LogP contribution in [0.25, 0.3) is 0 Å². The highest BCUT2D eigenvalue weighted by atomic mass is 16.5. The van der Waals surface area contributed by atoms with Gasteiger partial charge in [-0.15, -0.1) is 0 Å². The van der Waals surface area contributed by atoms with E-state index >= 15 is 0 Å². The summed E-state index contributed by atoms with van der Waals surface area (Å²) in [6.07, 6.45) is 2.51. The fraction of sp³-hybridized carbons (Fsp3) is 0.923. The average molecular weight is 239 g/mol. The van der Waals surface area contributed by atoms with Gasteiger partial charge in [0.15, 0.2) is 0 Å². The van der Waals surface area contributed by atoms with Crippen molar-refractivity contribution in [2.45, 2.75) is 44.2 Å². The fourth-order valence-electron chi connectivity index (χ4n) is 2.28. The fourth-order valence-corrected chi connectivity index (χ4v) is 2.28. The van der Waals surface area contributed by atoms with Crippen LogP contribution in [0.3, 0.4) is 0 Å². The third-order valence-corrected chi connectivity index (χ3v) is 3.64. The molecule has 1 aliphatic heterocycles. The Hall–Kier alpha value is -0.630. The maximum Gasteiger partial charge on any atom is 0.111 e. The molecule has 0 aromatic rings. The van der Waals surface area contributed by atoms with Crippen molar-refractivity contribution in [3.05, 3.63) is 0 Å². The summed E-state index contributed by atoms with van der Waals surface area (Å²) >= 11 is 0. The lowest BCUT2D eigenvalue weighted by molar-refractivity contribution is -0.0903. The smallest absolute Gasteiger partial charge is 0.111 e. The number of likely N-dealkylation sites (N-methyl/N-ethyl adjacent to an activating group) is 1. The van der Waals surface area contributed by atoms with Gasteiger partial charge in [-0.05, 0) is 27.4 Å². The molecule has 1 rings (SSSR count). The average Bonchev–Trinajstić information content (AvgIpc) is 2.29. The molecule has 0 amide bonds. The zero-order valence-electron chi connectivity index (χ0n) is 11.5. The molecule has 98 valence electrons. The number of hydrogen-bond donors (Lipinski definition) is 1. The SMILES string of the molecule is CCC1(C)CC(C#N)(NCCN(C)C)CCO1. The van der Waals surface area contributed by atoms with Gasteiger partial charge in [-0.1, -0.05) is 6.92 Å². The molecule has 1 fully saturated rings. The van der Waals surface area contributed by atoms with Crippen LogP contribution in [-0.4, -0.2) is 49.8 Å². The van der Waals surface area contributed by atoms with Crippen molar-refractivity contribution in [3.63, 3.8) is 0 Å². The number of nitrogens with zero attached hydrogens (tertiary/aromatic N) is 2. The summed E-state index contributed by atoms with van der Waals surface area (Å²) in [5.74, 6) is 0. The van der Waals surface area contributed by atoms with Gasteiger partial charge in [0, 0.05) is 25.9 Å². The predicted molar refractivity (Wildman–Crippen MR) is 68.8 cm³/mol. The molecule has 0 spiro atoms. The van der Waals surface area contributed by atoms with Crippen LogP contribution < -0.4 is 5.32 Å².